The summed E-state index contributed by atoms with van der Waals surface area (Å²) in [6.07, 6.45) is 1.52. The molecule has 0 saturated carbocycles. The molecule has 29 heavy (non-hydrogen) atoms. The molecule has 0 unspecified atom stereocenters. The average molecular weight is 409 g/mol. The number of nitrogens with one attached hydrogen (secondary N) is 1. The molecule has 3 heterocycles. The minimum Gasteiger partial charge on any atom is -0.494 e. The number of aromatic nitrogens is 2. The van der Waals surface area contributed by atoms with E-state index in [1.54, 1.807) is 6.07 Å². The van der Waals surface area contributed by atoms with Gasteiger partial charge in [0.1, 0.15) is 12.1 Å². The smallest absolute Gasteiger partial charge is 0.231 e. The summed E-state index contributed by atoms with van der Waals surface area (Å²) in [5.41, 5.74) is 2.63. The van der Waals surface area contributed by atoms with Gasteiger partial charge in [0.25, 0.3) is 0 Å². The number of methoxy groups -OCH3 is 1. The summed E-state index contributed by atoms with van der Waals surface area (Å²) in [5, 5.41) is 3.36. The van der Waals surface area contributed by atoms with Crippen molar-refractivity contribution in [2.45, 2.75) is 6.54 Å². The molecule has 2 aromatic carbocycles. The molecule has 0 atom stereocenters. The topological polar surface area (TPSA) is 65.5 Å². The Morgan fingerprint density at radius 3 is 2.86 bits per heavy atom. The van der Waals surface area contributed by atoms with E-state index in [1.165, 1.54) is 30.8 Å². The van der Waals surface area contributed by atoms with Gasteiger partial charge < -0.3 is 19.5 Å². The Balaban J connectivity index is 1.42. The zero-order chi connectivity index (χ0) is 19.8. The van der Waals surface area contributed by atoms with E-state index in [0.717, 1.165) is 43.5 Å². The Kier molecular flexibility index (Phi) is 4.40. The van der Waals surface area contributed by atoms with Crippen LogP contribution < -0.4 is 19.5 Å². The first-order valence-electron chi connectivity index (χ1n) is 8.92. The van der Waals surface area contributed by atoms with Crippen molar-refractivity contribution in [3.63, 3.8) is 0 Å². The van der Waals surface area contributed by atoms with Crippen molar-refractivity contribution in [3.05, 3.63) is 60.2 Å². The highest BCUT2D eigenvalue weighted by molar-refractivity contribution is 7.22. The highest BCUT2D eigenvalue weighted by atomic mass is 32.1. The molecule has 146 valence electrons. The summed E-state index contributed by atoms with van der Waals surface area (Å²) in [4.78, 5) is 9.65. The first-order valence-corrected chi connectivity index (χ1v) is 9.74. The van der Waals surface area contributed by atoms with E-state index in [4.69, 9.17) is 14.2 Å². The number of benzene rings is 2. The third-order valence-corrected chi connectivity index (χ3v) is 5.82. The molecule has 8 heteroatoms. The van der Waals surface area contributed by atoms with Gasteiger partial charge in [0.05, 0.1) is 17.3 Å². The predicted molar refractivity (Wildman–Crippen MR) is 109 cm³/mol. The second-order valence-electron chi connectivity index (χ2n) is 6.44. The van der Waals surface area contributed by atoms with E-state index >= 15 is 0 Å². The Morgan fingerprint density at radius 1 is 1.10 bits per heavy atom. The number of nitrogens with zero attached hydrogens (tertiary/aromatic N) is 2. The summed E-state index contributed by atoms with van der Waals surface area (Å²) < 4.78 is 30.8. The van der Waals surface area contributed by atoms with Crippen molar-refractivity contribution in [1.82, 2.24) is 9.97 Å². The molecular weight excluding hydrogens is 393 g/mol. The van der Waals surface area contributed by atoms with Gasteiger partial charge in [0.15, 0.2) is 23.1 Å². The van der Waals surface area contributed by atoms with Crippen LogP contribution in [0.2, 0.25) is 0 Å². The monoisotopic (exact) mass is 409 g/mol. The average Bonchev–Trinajstić information content (AvgIpc) is 3.38. The van der Waals surface area contributed by atoms with Crippen LogP contribution in [-0.4, -0.2) is 23.9 Å². The van der Waals surface area contributed by atoms with E-state index < -0.39 is 5.82 Å². The normalized spacial score (nSPS) is 12.3. The van der Waals surface area contributed by atoms with Crippen molar-refractivity contribution in [2.75, 3.05) is 19.2 Å². The summed E-state index contributed by atoms with van der Waals surface area (Å²) in [7, 11) is 1.45. The Hall–Kier alpha value is -3.39. The molecular formula is C21H16FN3O3S. The van der Waals surface area contributed by atoms with Crippen LogP contribution in [0.25, 0.3) is 20.7 Å². The van der Waals surface area contributed by atoms with E-state index in [9.17, 15) is 4.39 Å². The molecule has 1 aliphatic heterocycles. The van der Waals surface area contributed by atoms with Gasteiger partial charge in [-0.1, -0.05) is 6.07 Å². The van der Waals surface area contributed by atoms with Crippen LogP contribution in [0.3, 0.4) is 0 Å². The molecule has 5 rings (SSSR count). The van der Waals surface area contributed by atoms with Crippen molar-refractivity contribution in [3.8, 4) is 27.7 Å². The van der Waals surface area contributed by atoms with Crippen molar-refractivity contribution in [1.29, 1.82) is 0 Å². The number of hydrogen-bond acceptors (Lipinski definition) is 7. The van der Waals surface area contributed by atoms with E-state index in [2.05, 4.69) is 15.3 Å². The molecule has 0 amide bonds. The lowest BCUT2D eigenvalue weighted by Gasteiger charge is -2.07. The fraction of sp³-hybridized carbons (Fsp3) is 0.143. The quantitative estimate of drug-likeness (QED) is 0.509. The van der Waals surface area contributed by atoms with Gasteiger partial charge in [-0.3, -0.25) is 0 Å². The number of fused-ring (bicyclic) bond motifs is 2. The minimum absolute atomic E-state index is 0.223. The predicted octanol–water partition coefficient (Wildman–Crippen LogP) is 4.85. The summed E-state index contributed by atoms with van der Waals surface area (Å²) in [6, 6.07) is 12.7. The summed E-state index contributed by atoms with van der Waals surface area (Å²) in [6.45, 7) is 0.829. The van der Waals surface area contributed by atoms with Gasteiger partial charge >= 0.3 is 0 Å². The van der Waals surface area contributed by atoms with Gasteiger partial charge in [-0.15, -0.1) is 11.3 Å². The Morgan fingerprint density at radius 2 is 2.00 bits per heavy atom. The van der Waals surface area contributed by atoms with Gasteiger partial charge in [-0.25, -0.2) is 14.4 Å². The fourth-order valence-corrected chi connectivity index (χ4v) is 4.25. The SMILES string of the molecule is COc1ccc(-c2cc3ncnc(NCc4ccc5c(c4)OCO5)c3s2)cc1F. The summed E-state index contributed by atoms with van der Waals surface area (Å²) >= 11 is 1.51. The van der Waals surface area contributed by atoms with Crippen LogP contribution in [0.5, 0.6) is 17.2 Å². The lowest BCUT2D eigenvalue weighted by molar-refractivity contribution is 0.174. The van der Waals surface area contributed by atoms with Crippen LogP contribution in [0.4, 0.5) is 10.2 Å². The molecule has 0 spiro atoms. The molecule has 0 fully saturated rings. The maximum atomic E-state index is 14.1. The highest BCUT2D eigenvalue weighted by Crippen LogP contribution is 2.37. The zero-order valence-corrected chi connectivity index (χ0v) is 16.3. The van der Waals surface area contributed by atoms with Crippen LogP contribution in [0.1, 0.15) is 5.56 Å². The van der Waals surface area contributed by atoms with Crippen LogP contribution in [0.15, 0.2) is 48.8 Å². The van der Waals surface area contributed by atoms with Crippen molar-refractivity contribution < 1.29 is 18.6 Å². The molecule has 1 aliphatic rings. The molecule has 0 saturated heterocycles. The Labute approximate surface area is 169 Å². The second kappa shape index (κ2) is 7.21. The Bertz CT molecular complexity index is 1210. The number of thiophene rings is 1. The van der Waals surface area contributed by atoms with Crippen molar-refractivity contribution in [2.24, 2.45) is 0 Å². The lowest BCUT2D eigenvalue weighted by Crippen LogP contribution is -2.01. The van der Waals surface area contributed by atoms with Crippen LogP contribution in [0, 0.1) is 5.82 Å². The first-order chi connectivity index (χ1) is 14.2. The van der Waals surface area contributed by atoms with E-state index in [1.807, 2.05) is 30.3 Å². The molecule has 2 aromatic heterocycles. The summed E-state index contributed by atoms with van der Waals surface area (Å²) in [5.74, 6) is 2.07. The number of ether oxygens (including phenoxy) is 3. The highest BCUT2D eigenvalue weighted by Gasteiger charge is 2.15. The molecule has 1 N–H and O–H groups in total. The molecule has 0 aliphatic carbocycles. The van der Waals surface area contributed by atoms with Gasteiger partial charge in [0, 0.05) is 11.4 Å². The molecule has 4 aromatic rings. The number of halogens is 1. The molecule has 0 radical (unpaired) electrons. The van der Waals surface area contributed by atoms with E-state index in [-0.39, 0.29) is 12.5 Å². The van der Waals surface area contributed by atoms with E-state index in [0.29, 0.717) is 6.54 Å². The number of anilines is 1. The molecule has 6 nitrogen and oxygen atoms in total. The molecule has 0 bridgehead atoms. The van der Waals surface area contributed by atoms with Crippen molar-refractivity contribution >= 4 is 27.4 Å². The third kappa shape index (κ3) is 3.31. The van der Waals surface area contributed by atoms with Crippen LogP contribution >= 0.6 is 11.3 Å². The first kappa shape index (κ1) is 17.7. The minimum atomic E-state index is -0.394. The maximum absolute atomic E-state index is 14.1. The maximum Gasteiger partial charge on any atom is 0.231 e. The van der Waals surface area contributed by atoms with Crippen LogP contribution in [-0.2, 0) is 6.54 Å². The number of rotatable bonds is 5. The third-order valence-electron chi connectivity index (χ3n) is 4.64. The van der Waals surface area contributed by atoms with Gasteiger partial charge in [0.2, 0.25) is 6.79 Å². The zero-order valence-electron chi connectivity index (χ0n) is 15.4. The lowest BCUT2D eigenvalue weighted by atomic mass is 10.1. The number of hydrogen-bond donors (Lipinski definition) is 1. The largest absolute Gasteiger partial charge is 0.494 e. The second-order valence-corrected chi connectivity index (χ2v) is 7.49. The fourth-order valence-electron chi connectivity index (χ4n) is 3.18. The van der Waals surface area contributed by atoms with Gasteiger partial charge in [-0.05, 0) is 47.5 Å². The van der Waals surface area contributed by atoms with Gasteiger partial charge in [-0.2, -0.15) is 0 Å². The standard InChI is InChI=1S/C21H16FN3O3S/c1-26-16-5-3-13(7-14(16)22)19-8-15-20(29-19)21(25-10-24-15)23-9-12-2-4-17-18(6-12)28-11-27-17/h2-8,10H,9,11H2,1H3,(H,23,24,25).